The zero-order valence-corrected chi connectivity index (χ0v) is 19.7. The highest BCUT2D eigenvalue weighted by Gasteiger charge is 2.27. The first-order valence-electron chi connectivity index (χ1n) is 11.7. The van der Waals surface area contributed by atoms with Gasteiger partial charge >= 0.3 is 0 Å². The topological polar surface area (TPSA) is 80.2 Å². The second kappa shape index (κ2) is 11.8. The van der Waals surface area contributed by atoms with Gasteiger partial charge in [-0.1, -0.05) is 48.5 Å². The number of nitrogens with zero attached hydrogens (tertiary/aromatic N) is 2. The largest absolute Gasteiger partial charge is 0.493 e. The molecule has 0 aromatic heterocycles. The Bertz CT molecular complexity index is 1160. The molecule has 1 N–H and O–H groups in total. The first-order chi connectivity index (χ1) is 17.1. The Hall–Kier alpha value is -4.13. The Morgan fingerprint density at radius 1 is 0.971 bits per heavy atom. The SMILES string of the molecule is COc1cc(/C=N\NC(=O)C2CCN(C(=O)c3ccccc3)CC2)ccc1OCc1ccccc1. The van der Waals surface area contributed by atoms with Crippen LogP contribution >= 0.6 is 0 Å². The summed E-state index contributed by atoms with van der Waals surface area (Å²) in [4.78, 5) is 26.9. The van der Waals surface area contributed by atoms with E-state index in [0.29, 0.717) is 49.6 Å². The van der Waals surface area contributed by atoms with Crippen LogP contribution in [0.4, 0.5) is 0 Å². The van der Waals surface area contributed by atoms with Crippen molar-refractivity contribution >= 4 is 18.0 Å². The highest BCUT2D eigenvalue weighted by molar-refractivity contribution is 5.94. The molecule has 3 aromatic carbocycles. The number of piperidine rings is 1. The predicted molar refractivity (Wildman–Crippen MR) is 135 cm³/mol. The molecule has 1 heterocycles. The van der Waals surface area contributed by atoms with E-state index < -0.39 is 0 Å². The molecule has 7 nitrogen and oxygen atoms in total. The van der Waals surface area contributed by atoms with Crippen LogP contribution in [0.3, 0.4) is 0 Å². The smallest absolute Gasteiger partial charge is 0.253 e. The average Bonchev–Trinajstić information content (AvgIpc) is 2.93. The molecule has 0 unspecified atom stereocenters. The molecule has 0 atom stereocenters. The molecule has 35 heavy (non-hydrogen) atoms. The molecule has 4 rings (SSSR count). The zero-order chi connectivity index (χ0) is 24.5. The Morgan fingerprint density at radius 2 is 1.66 bits per heavy atom. The molecule has 0 aliphatic carbocycles. The van der Waals surface area contributed by atoms with Gasteiger partial charge in [0.15, 0.2) is 11.5 Å². The highest BCUT2D eigenvalue weighted by Crippen LogP contribution is 2.28. The fourth-order valence-corrected chi connectivity index (χ4v) is 3.99. The monoisotopic (exact) mass is 471 g/mol. The number of carbonyl (C=O) groups excluding carboxylic acids is 2. The molecule has 3 aromatic rings. The second-order valence-corrected chi connectivity index (χ2v) is 8.35. The van der Waals surface area contributed by atoms with Crippen LogP contribution in [-0.2, 0) is 11.4 Å². The lowest BCUT2D eigenvalue weighted by atomic mass is 9.95. The highest BCUT2D eigenvalue weighted by atomic mass is 16.5. The number of hydrazone groups is 1. The van der Waals surface area contributed by atoms with Crippen molar-refractivity contribution in [2.75, 3.05) is 20.2 Å². The first kappa shape index (κ1) is 24.0. The number of methoxy groups -OCH3 is 1. The Morgan fingerprint density at radius 3 is 2.34 bits per heavy atom. The van der Waals surface area contributed by atoms with E-state index in [9.17, 15) is 9.59 Å². The summed E-state index contributed by atoms with van der Waals surface area (Å²) in [6.45, 7) is 1.55. The molecule has 1 aliphatic rings. The fourth-order valence-electron chi connectivity index (χ4n) is 3.99. The summed E-state index contributed by atoms with van der Waals surface area (Å²) < 4.78 is 11.3. The number of hydrogen-bond acceptors (Lipinski definition) is 5. The minimum absolute atomic E-state index is 0.00706. The van der Waals surface area contributed by atoms with E-state index in [1.807, 2.05) is 78.9 Å². The van der Waals surface area contributed by atoms with Crippen LogP contribution in [0, 0.1) is 5.92 Å². The van der Waals surface area contributed by atoms with Gasteiger partial charge in [-0.3, -0.25) is 9.59 Å². The molecule has 0 radical (unpaired) electrons. The Kier molecular flexibility index (Phi) is 8.12. The number of carbonyl (C=O) groups is 2. The van der Waals surface area contributed by atoms with E-state index in [2.05, 4.69) is 10.5 Å². The minimum atomic E-state index is -0.171. The number of likely N-dealkylation sites (tertiary alicyclic amines) is 1. The van der Waals surface area contributed by atoms with E-state index in [1.165, 1.54) is 0 Å². The fraction of sp³-hybridized carbons (Fsp3) is 0.250. The van der Waals surface area contributed by atoms with Crippen LogP contribution in [0.5, 0.6) is 11.5 Å². The third-order valence-electron chi connectivity index (χ3n) is 5.99. The summed E-state index contributed by atoms with van der Waals surface area (Å²) >= 11 is 0. The van der Waals surface area contributed by atoms with Crippen molar-refractivity contribution < 1.29 is 19.1 Å². The lowest BCUT2D eigenvalue weighted by Crippen LogP contribution is -2.42. The molecular formula is C28H29N3O4. The first-order valence-corrected chi connectivity index (χ1v) is 11.7. The van der Waals surface area contributed by atoms with Crippen molar-refractivity contribution in [3.05, 3.63) is 95.6 Å². The number of ether oxygens (including phenoxy) is 2. The molecule has 180 valence electrons. The maximum atomic E-state index is 12.6. The van der Waals surface area contributed by atoms with Gasteiger partial charge in [0.25, 0.3) is 5.91 Å². The van der Waals surface area contributed by atoms with Crippen molar-refractivity contribution in [2.45, 2.75) is 19.4 Å². The van der Waals surface area contributed by atoms with Crippen molar-refractivity contribution in [1.29, 1.82) is 0 Å². The molecule has 0 spiro atoms. The maximum Gasteiger partial charge on any atom is 0.253 e. The third kappa shape index (κ3) is 6.47. The van der Waals surface area contributed by atoms with Crippen molar-refractivity contribution in [3.63, 3.8) is 0 Å². The number of amides is 2. The normalized spacial score (nSPS) is 14.0. The number of nitrogens with one attached hydrogen (secondary N) is 1. The van der Waals surface area contributed by atoms with E-state index >= 15 is 0 Å². The van der Waals surface area contributed by atoms with Crippen molar-refractivity contribution in [2.24, 2.45) is 11.0 Å². The molecule has 0 saturated carbocycles. The lowest BCUT2D eigenvalue weighted by molar-refractivity contribution is -0.126. The van der Waals surface area contributed by atoms with Gasteiger partial charge in [0, 0.05) is 24.6 Å². The Balaban J connectivity index is 1.26. The zero-order valence-electron chi connectivity index (χ0n) is 19.7. The summed E-state index contributed by atoms with van der Waals surface area (Å²) in [7, 11) is 1.59. The van der Waals surface area contributed by atoms with Gasteiger partial charge in [-0.15, -0.1) is 0 Å². The van der Waals surface area contributed by atoms with Gasteiger partial charge in [0.05, 0.1) is 13.3 Å². The molecule has 1 saturated heterocycles. The summed E-state index contributed by atoms with van der Waals surface area (Å²) in [5, 5.41) is 4.12. The maximum absolute atomic E-state index is 12.6. The molecule has 0 bridgehead atoms. The summed E-state index contributed by atoms with van der Waals surface area (Å²) in [6.07, 6.45) is 2.80. The van der Waals surface area contributed by atoms with E-state index in [-0.39, 0.29) is 17.7 Å². The van der Waals surface area contributed by atoms with Crippen LogP contribution in [-0.4, -0.2) is 43.1 Å². The van der Waals surface area contributed by atoms with Crippen LogP contribution in [0.1, 0.15) is 34.3 Å². The molecular weight excluding hydrogens is 442 g/mol. The van der Waals surface area contributed by atoms with Gasteiger partial charge in [0.2, 0.25) is 5.91 Å². The van der Waals surface area contributed by atoms with E-state index in [0.717, 1.165) is 11.1 Å². The van der Waals surface area contributed by atoms with Crippen LogP contribution in [0.2, 0.25) is 0 Å². The van der Waals surface area contributed by atoms with Crippen LogP contribution in [0.15, 0.2) is 84.0 Å². The number of hydrogen-bond donors (Lipinski definition) is 1. The molecule has 2 amide bonds. The molecule has 1 aliphatic heterocycles. The van der Waals surface area contributed by atoms with Crippen molar-refractivity contribution in [3.8, 4) is 11.5 Å². The number of rotatable bonds is 8. The summed E-state index contributed by atoms with van der Waals surface area (Å²) in [6, 6.07) is 24.6. The quantitative estimate of drug-likeness (QED) is 0.393. The van der Waals surface area contributed by atoms with Gasteiger partial charge < -0.3 is 14.4 Å². The van der Waals surface area contributed by atoms with E-state index in [1.54, 1.807) is 18.2 Å². The van der Waals surface area contributed by atoms with Crippen molar-refractivity contribution in [1.82, 2.24) is 10.3 Å². The van der Waals surface area contributed by atoms with Gasteiger partial charge in [-0.05, 0) is 54.3 Å². The standard InChI is InChI=1S/C28H29N3O4/c1-34-26-18-22(12-13-25(26)35-20-21-8-4-2-5-9-21)19-29-30-27(32)23-14-16-31(17-15-23)28(33)24-10-6-3-7-11-24/h2-13,18-19,23H,14-17,20H2,1H3,(H,30,32)/b29-19-. The van der Waals surface area contributed by atoms with Gasteiger partial charge in [-0.25, -0.2) is 5.43 Å². The third-order valence-corrected chi connectivity index (χ3v) is 5.99. The lowest BCUT2D eigenvalue weighted by Gasteiger charge is -2.31. The average molecular weight is 472 g/mol. The summed E-state index contributed by atoms with van der Waals surface area (Å²) in [5.74, 6) is 0.923. The minimum Gasteiger partial charge on any atom is -0.493 e. The summed E-state index contributed by atoms with van der Waals surface area (Å²) in [5.41, 5.74) is 5.15. The predicted octanol–water partition coefficient (Wildman–Crippen LogP) is 4.28. The second-order valence-electron chi connectivity index (χ2n) is 8.35. The number of benzene rings is 3. The van der Waals surface area contributed by atoms with E-state index in [4.69, 9.17) is 9.47 Å². The molecule has 1 fully saturated rings. The Labute approximate surface area is 205 Å². The van der Waals surface area contributed by atoms with Gasteiger partial charge in [-0.2, -0.15) is 5.10 Å². The van der Waals surface area contributed by atoms with Crippen LogP contribution < -0.4 is 14.9 Å². The molecule has 7 heteroatoms. The van der Waals surface area contributed by atoms with Crippen LogP contribution in [0.25, 0.3) is 0 Å². The van der Waals surface area contributed by atoms with Gasteiger partial charge in [0.1, 0.15) is 6.61 Å².